The van der Waals surface area contributed by atoms with E-state index in [2.05, 4.69) is 5.32 Å². The molecule has 6 nitrogen and oxygen atoms in total. The van der Waals surface area contributed by atoms with Crippen molar-refractivity contribution in [2.75, 3.05) is 11.9 Å². The number of hydrogen-bond donors (Lipinski definition) is 4. The van der Waals surface area contributed by atoms with E-state index in [9.17, 15) is 4.79 Å². The molecular weight excluding hydrogens is 190 g/mol. The summed E-state index contributed by atoms with van der Waals surface area (Å²) in [7, 11) is 0. The second-order valence-corrected chi connectivity index (χ2v) is 2.45. The van der Waals surface area contributed by atoms with Crippen LogP contribution in [0.5, 0.6) is 11.5 Å². The summed E-state index contributed by atoms with van der Waals surface area (Å²) in [5, 5.41) is 28.8. The molecule has 1 aromatic carbocycles. The fraction of sp³-hybridized carbons (Fsp3) is 0.125. The maximum absolute atomic E-state index is 10.2. The number of rotatable bonds is 3. The van der Waals surface area contributed by atoms with E-state index < -0.39 is 5.97 Å². The molecule has 78 valence electrons. The maximum Gasteiger partial charge on any atom is 0.322 e. The van der Waals surface area contributed by atoms with Crippen molar-refractivity contribution in [3.63, 3.8) is 0 Å². The van der Waals surface area contributed by atoms with Crippen LogP contribution in [-0.2, 0) is 4.79 Å². The van der Waals surface area contributed by atoms with Crippen molar-refractivity contribution in [1.29, 1.82) is 0 Å². The molecule has 0 bridgehead atoms. The zero-order valence-electron chi connectivity index (χ0n) is 7.19. The third-order valence-electron chi connectivity index (χ3n) is 1.42. The van der Waals surface area contributed by atoms with E-state index in [1.807, 2.05) is 0 Å². The van der Waals surface area contributed by atoms with Crippen LogP contribution in [0.4, 0.5) is 5.69 Å². The van der Waals surface area contributed by atoms with Crippen LogP contribution in [0.25, 0.3) is 0 Å². The summed E-state index contributed by atoms with van der Waals surface area (Å²) in [6.07, 6.45) is 0. The van der Waals surface area contributed by atoms with Gasteiger partial charge >= 0.3 is 5.97 Å². The van der Waals surface area contributed by atoms with Crippen LogP contribution in [0, 0.1) is 0 Å². The summed E-state index contributed by atoms with van der Waals surface area (Å²) >= 11 is 0. The lowest BCUT2D eigenvalue weighted by molar-refractivity contribution is -0.134. The molecule has 0 radical (unpaired) electrons. The number of phenolic OH excluding ortho intramolecular Hbond substituents is 2. The Morgan fingerprint density at radius 2 is 1.93 bits per heavy atom. The Hall–Kier alpha value is -1.95. The number of carboxylic acid groups (broad SMARTS) is 1. The van der Waals surface area contributed by atoms with Crippen molar-refractivity contribution in [2.45, 2.75) is 0 Å². The summed E-state index contributed by atoms with van der Waals surface area (Å²) in [6, 6.07) is 4.00. The Morgan fingerprint density at radius 3 is 2.43 bits per heavy atom. The van der Waals surface area contributed by atoms with Gasteiger partial charge < -0.3 is 26.1 Å². The van der Waals surface area contributed by atoms with Crippen LogP contribution in [0.3, 0.4) is 0 Å². The van der Waals surface area contributed by atoms with E-state index in [1.165, 1.54) is 18.2 Å². The molecule has 0 heterocycles. The van der Waals surface area contributed by atoms with Gasteiger partial charge in [0.1, 0.15) is 6.54 Å². The summed E-state index contributed by atoms with van der Waals surface area (Å²) in [4.78, 5) is 10.2. The van der Waals surface area contributed by atoms with Crippen molar-refractivity contribution in [3.05, 3.63) is 18.2 Å². The standard InChI is InChI=1S/C8H9NO4.H2O/c10-6-2-1-5(3-7(6)11)9-4-8(12)13;/h1-3,9-11H,4H2,(H,12,13);1H2. The lowest BCUT2D eigenvalue weighted by Gasteiger charge is -2.04. The first-order chi connectivity index (χ1) is 6.09. The highest BCUT2D eigenvalue weighted by molar-refractivity contribution is 5.73. The van der Waals surface area contributed by atoms with Gasteiger partial charge in [0.05, 0.1) is 0 Å². The summed E-state index contributed by atoms with van der Waals surface area (Å²) in [5.74, 6) is -1.51. The van der Waals surface area contributed by atoms with Gasteiger partial charge in [0.15, 0.2) is 11.5 Å². The predicted octanol–water partition coefficient (Wildman–Crippen LogP) is -0.230. The third-order valence-corrected chi connectivity index (χ3v) is 1.42. The molecule has 0 saturated carbocycles. The van der Waals surface area contributed by atoms with Gasteiger partial charge in [0.25, 0.3) is 0 Å². The zero-order chi connectivity index (χ0) is 9.84. The minimum absolute atomic E-state index is 0. The van der Waals surface area contributed by atoms with E-state index >= 15 is 0 Å². The molecule has 0 saturated heterocycles. The van der Waals surface area contributed by atoms with Crippen molar-refractivity contribution in [2.24, 2.45) is 0 Å². The van der Waals surface area contributed by atoms with Crippen molar-refractivity contribution >= 4 is 11.7 Å². The summed E-state index contributed by atoms with van der Waals surface area (Å²) in [6.45, 7) is -0.232. The van der Waals surface area contributed by atoms with E-state index in [1.54, 1.807) is 0 Å². The average molecular weight is 201 g/mol. The highest BCUT2D eigenvalue weighted by Gasteiger charge is 2.01. The normalized spacial score (nSPS) is 8.86. The third kappa shape index (κ3) is 3.20. The first-order valence-electron chi connectivity index (χ1n) is 3.57. The molecule has 0 aliphatic heterocycles. The van der Waals surface area contributed by atoms with Gasteiger partial charge in [-0.15, -0.1) is 0 Å². The number of benzene rings is 1. The average Bonchev–Trinajstić information content (AvgIpc) is 2.07. The van der Waals surface area contributed by atoms with Gasteiger partial charge in [-0.3, -0.25) is 4.79 Å². The monoisotopic (exact) mass is 201 g/mol. The minimum Gasteiger partial charge on any atom is -0.504 e. The van der Waals surface area contributed by atoms with Crippen molar-refractivity contribution < 1.29 is 25.6 Å². The van der Waals surface area contributed by atoms with Crippen LogP contribution in [0.2, 0.25) is 0 Å². The highest BCUT2D eigenvalue weighted by atomic mass is 16.4. The fourth-order valence-electron chi connectivity index (χ4n) is 0.811. The molecule has 0 spiro atoms. The number of hydrogen-bond acceptors (Lipinski definition) is 4. The first kappa shape index (κ1) is 12.0. The van der Waals surface area contributed by atoms with Crippen LogP contribution < -0.4 is 5.32 Å². The Bertz CT molecular complexity index is 326. The van der Waals surface area contributed by atoms with E-state index in [0.29, 0.717) is 5.69 Å². The number of nitrogens with one attached hydrogen (secondary N) is 1. The number of phenols is 2. The quantitative estimate of drug-likeness (QED) is 0.397. The van der Waals surface area contributed by atoms with E-state index in [-0.39, 0.29) is 23.5 Å². The molecular formula is C8H11NO5. The largest absolute Gasteiger partial charge is 0.504 e. The lowest BCUT2D eigenvalue weighted by Crippen LogP contribution is -2.11. The smallest absolute Gasteiger partial charge is 0.322 e. The molecule has 0 fully saturated rings. The van der Waals surface area contributed by atoms with Crippen LogP contribution in [0.1, 0.15) is 0 Å². The molecule has 0 aromatic heterocycles. The van der Waals surface area contributed by atoms with E-state index in [0.717, 1.165) is 0 Å². The van der Waals surface area contributed by atoms with Gasteiger partial charge in [0.2, 0.25) is 0 Å². The molecule has 6 heteroatoms. The van der Waals surface area contributed by atoms with Crippen molar-refractivity contribution in [1.82, 2.24) is 0 Å². The van der Waals surface area contributed by atoms with Gasteiger partial charge in [0, 0.05) is 11.8 Å². The second kappa shape index (κ2) is 4.93. The van der Waals surface area contributed by atoms with Gasteiger partial charge in [-0.2, -0.15) is 0 Å². The number of anilines is 1. The Balaban J connectivity index is 0.00000169. The Labute approximate surface area is 79.7 Å². The van der Waals surface area contributed by atoms with Gasteiger partial charge in [-0.05, 0) is 12.1 Å². The molecule has 1 rings (SSSR count). The molecule has 14 heavy (non-hydrogen) atoms. The van der Waals surface area contributed by atoms with Crippen molar-refractivity contribution in [3.8, 4) is 11.5 Å². The lowest BCUT2D eigenvalue weighted by atomic mass is 10.3. The van der Waals surface area contributed by atoms with Crippen LogP contribution >= 0.6 is 0 Å². The molecule has 6 N–H and O–H groups in total. The fourth-order valence-corrected chi connectivity index (χ4v) is 0.811. The zero-order valence-corrected chi connectivity index (χ0v) is 7.19. The molecule has 1 aromatic rings. The van der Waals surface area contributed by atoms with Gasteiger partial charge in [-0.1, -0.05) is 0 Å². The number of aliphatic carboxylic acids is 1. The maximum atomic E-state index is 10.2. The van der Waals surface area contributed by atoms with Crippen LogP contribution in [-0.4, -0.2) is 33.3 Å². The Morgan fingerprint density at radius 1 is 1.29 bits per heavy atom. The first-order valence-corrected chi connectivity index (χ1v) is 3.57. The van der Waals surface area contributed by atoms with Crippen LogP contribution in [0.15, 0.2) is 18.2 Å². The van der Waals surface area contributed by atoms with Gasteiger partial charge in [-0.25, -0.2) is 0 Å². The molecule has 0 unspecified atom stereocenters. The number of carboxylic acids is 1. The SMILES string of the molecule is O.O=C(O)CNc1ccc(O)c(O)c1. The second-order valence-electron chi connectivity index (χ2n) is 2.45. The highest BCUT2D eigenvalue weighted by Crippen LogP contribution is 2.26. The Kier molecular flexibility index (Phi) is 4.24. The molecule has 0 atom stereocenters. The molecule has 0 aliphatic rings. The predicted molar refractivity (Wildman–Crippen MR) is 49.5 cm³/mol. The topological polar surface area (TPSA) is 121 Å². The number of carbonyl (C=O) groups is 1. The molecule has 0 amide bonds. The number of aromatic hydroxyl groups is 2. The summed E-state index contributed by atoms with van der Waals surface area (Å²) < 4.78 is 0. The minimum atomic E-state index is -0.993. The summed E-state index contributed by atoms with van der Waals surface area (Å²) in [5.41, 5.74) is 0.442. The molecule has 0 aliphatic carbocycles. The van der Waals surface area contributed by atoms with E-state index in [4.69, 9.17) is 15.3 Å².